The van der Waals surface area contributed by atoms with Crippen LogP contribution >= 0.6 is 0 Å². The molecular formula is C20H18FN3O2. The fourth-order valence-electron chi connectivity index (χ4n) is 2.85. The molecule has 1 unspecified atom stereocenters. The van der Waals surface area contributed by atoms with Crippen LogP contribution in [0.25, 0.3) is 10.9 Å². The van der Waals surface area contributed by atoms with E-state index in [4.69, 9.17) is 4.74 Å². The van der Waals surface area contributed by atoms with Gasteiger partial charge in [0, 0.05) is 18.1 Å². The summed E-state index contributed by atoms with van der Waals surface area (Å²) >= 11 is 0. The summed E-state index contributed by atoms with van der Waals surface area (Å²) in [5.41, 5.74) is 2.77. The second-order valence-corrected chi connectivity index (χ2v) is 5.95. The van der Waals surface area contributed by atoms with Crippen molar-refractivity contribution in [3.63, 3.8) is 0 Å². The van der Waals surface area contributed by atoms with Gasteiger partial charge in [-0.2, -0.15) is 5.26 Å². The normalized spacial score (nSPS) is 11.8. The highest BCUT2D eigenvalue weighted by molar-refractivity contribution is 5.95. The largest absolute Gasteiger partial charge is 0.497 e. The zero-order valence-corrected chi connectivity index (χ0v) is 14.5. The topological polar surface area (TPSA) is 78.2 Å². The van der Waals surface area contributed by atoms with Crippen molar-refractivity contribution in [2.45, 2.75) is 13.0 Å². The van der Waals surface area contributed by atoms with Crippen molar-refractivity contribution in [1.29, 1.82) is 5.26 Å². The Kier molecular flexibility index (Phi) is 5.01. The van der Waals surface area contributed by atoms with Gasteiger partial charge in [0.05, 0.1) is 30.0 Å². The summed E-state index contributed by atoms with van der Waals surface area (Å²) < 4.78 is 19.0. The van der Waals surface area contributed by atoms with E-state index in [2.05, 4.69) is 16.4 Å². The van der Waals surface area contributed by atoms with Gasteiger partial charge in [0.1, 0.15) is 17.6 Å². The maximum absolute atomic E-state index is 13.8. The highest BCUT2D eigenvalue weighted by Crippen LogP contribution is 2.29. The number of aliphatic hydroxyl groups excluding tert-OH is 1. The highest BCUT2D eigenvalue weighted by Gasteiger charge is 2.14. The number of nitriles is 1. The number of halogens is 1. The van der Waals surface area contributed by atoms with Crippen molar-refractivity contribution >= 4 is 16.6 Å². The van der Waals surface area contributed by atoms with E-state index in [1.54, 1.807) is 38.3 Å². The van der Waals surface area contributed by atoms with Gasteiger partial charge in [-0.15, -0.1) is 0 Å². The van der Waals surface area contributed by atoms with E-state index in [0.717, 1.165) is 0 Å². The Balaban J connectivity index is 1.91. The molecule has 26 heavy (non-hydrogen) atoms. The molecule has 0 saturated carbocycles. The van der Waals surface area contributed by atoms with Gasteiger partial charge < -0.3 is 15.2 Å². The van der Waals surface area contributed by atoms with Crippen molar-refractivity contribution in [3.05, 3.63) is 65.1 Å². The van der Waals surface area contributed by atoms with Crippen molar-refractivity contribution in [2.24, 2.45) is 0 Å². The van der Waals surface area contributed by atoms with E-state index in [1.807, 2.05) is 0 Å². The third-order valence-corrected chi connectivity index (χ3v) is 4.22. The first-order valence-electron chi connectivity index (χ1n) is 8.08. The minimum Gasteiger partial charge on any atom is -0.497 e. The van der Waals surface area contributed by atoms with E-state index >= 15 is 0 Å². The van der Waals surface area contributed by atoms with E-state index in [-0.39, 0.29) is 6.54 Å². The second kappa shape index (κ2) is 7.38. The number of nitrogens with zero attached hydrogens (tertiary/aromatic N) is 2. The Morgan fingerprint density at radius 1 is 1.31 bits per heavy atom. The average molecular weight is 351 g/mol. The molecule has 5 nitrogen and oxygen atoms in total. The second-order valence-electron chi connectivity index (χ2n) is 5.95. The SMILES string of the molecule is COc1ccc(C(O)CNc2c(C#N)cnc3c(C)cc(F)cc23)cc1. The quantitative estimate of drug-likeness (QED) is 0.733. The number of nitrogens with one attached hydrogen (secondary N) is 1. The lowest BCUT2D eigenvalue weighted by molar-refractivity contribution is 0.191. The molecule has 132 valence electrons. The van der Waals surface area contributed by atoms with Gasteiger partial charge in [0.15, 0.2) is 0 Å². The fourth-order valence-corrected chi connectivity index (χ4v) is 2.85. The van der Waals surface area contributed by atoms with Crippen LogP contribution in [-0.2, 0) is 0 Å². The maximum atomic E-state index is 13.8. The summed E-state index contributed by atoms with van der Waals surface area (Å²) in [5.74, 6) is 0.303. The fraction of sp³-hybridized carbons (Fsp3) is 0.200. The molecule has 0 aliphatic rings. The number of rotatable bonds is 5. The van der Waals surface area contributed by atoms with Crippen LogP contribution in [0.5, 0.6) is 5.75 Å². The Labute approximate surface area is 150 Å². The minimum absolute atomic E-state index is 0.162. The smallest absolute Gasteiger partial charge is 0.124 e. The number of ether oxygens (including phenoxy) is 1. The van der Waals surface area contributed by atoms with Crippen molar-refractivity contribution in [2.75, 3.05) is 19.0 Å². The predicted octanol–water partition coefficient (Wildman–Crippen LogP) is 3.71. The number of benzene rings is 2. The Morgan fingerprint density at radius 2 is 2.04 bits per heavy atom. The van der Waals surface area contributed by atoms with Crippen LogP contribution in [0.1, 0.15) is 22.8 Å². The van der Waals surface area contributed by atoms with Crippen LogP contribution < -0.4 is 10.1 Å². The van der Waals surface area contributed by atoms with Crippen LogP contribution in [0.15, 0.2) is 42.6 Å². The van der Waals surface area contributed by atoms with Gasteiger partial charge in [-0.05, 0) is 42.3 Å². The number of anilines is 1. The summed E-state index contributed by atoms with van der Waals surface area (Å²) in [5, 5.41) is 23.4. The third kappa shape index (κ3) is 3.44. The summed E-state index contributed by atoms with van der Waals surface area (Å²) in [4.78, 5) is 4.25. The van der Waals surface area contributed by atoms with Gasteiger partial charge in [0.2, 0.25) is 0 Å². The summed E-state index contributed by atoms with van der Waals surface area (Å²) in [6.07, 6.45) is 0.653. The van der Waals surface area contributed by atoms with E-state index < -0.39 is 11.9 Å². The van der Waals surface area contributed by atoms with E-state index in [0.29, 0.717) is 39.0 Å². The Hall–Kier alpha value is -3.17. The predicted molar refractivity (Wildman–Crippen MR) is 97.6 cm³/mol. The molecule has 3 rings (SSSR count). The molecule has 3 aromatic rings. The lowest BCUT2D eigenvalue weighted by atomic mass is 10.1. The number of fused-ring (bicyclic) bond motifs is 1. The van der Waals surface area contributed by atoms with Crippen LogP contribution in [-0.4, -0.2) is 23.7 Å². The number of aryl methyl sites for hydroxylation is 1. The maximum Gasteiger partial charge on any atom is 0.124 e. The van der Waals surface area contributed by atoms with E-state index in [1.165, 1.54) is 18.3 Å². The molecular weight excluding hydrogens is 333 g/mol. The highest BCUT2D eigenvalue weighted by atomic mass is 19.1. The molecule has 0 aliphatic carbocycles. The molecule has 0 radical (unpaired) electrons. The Morgan fingerprint density at radius 3 is 2.69 bits per heavy atom. The molecule has 0 aliphatic heterocycles. The number of pyridine rings is 1. The number of hydrogen-bond acceptors (Lipinski definition) is 5. The van der Waals surface area contributed by atoms with Gasteiger partial charge in [-0.25, -0.2) is 4.39 Å². The molecule has 2 aromatic carbocycles. The molecule has 1 heterocycles. The molecule has 2 N–H and O–H groups in total. The zero-order chi connectivity index (χ0) is 18.7. The lowest BCUT2D eigenvalue weighted by Crippen LogP contribution is -2.13. The lowest BCUT2D eigenvalue weighted by Gasteiger charge is -2.16. The number of aromatic nitrogens is 1. The van der Waals surface area contributed by atoms with Gasteiger partial charge in [-0.3, -0.25) is 4.98 Å². The van der Waals surface area contributed by atoms with E-state index in [9.17, 15) is 14.8 Å². The number of aliphatic hydroxyl groups is 1. The first kappa shape index (κ1) is 17.6. The first-order chi connectivity index (χ1) is 12.5. The molecule has 0 spiro atoms. The molecule has 6 heteroatoms. The van der Waals surface area contributed by atoms with Crippen molar-refractivity contribution < 1.29 is 14.2 Å². The van der Waals surface area contributed by atoms with Gasteiger partial charge >= 0.3 is 0 Å². The van der Waals surface area contributed by atoms with Gasteiger partial charge in [-0.1, -0.05) is 12.1 Å². The molecule has 0 bridgehead atoms. The number of hydrogen-bond donors (Lipinski definition) is 2. The first-order valence-corrected chi connectivity index (χ1v) is 8.08. The van der Waals surface area contributed by atoms with Gasteiger partial charge in [0.25, 0.3) is 0 Å². The molecule has 1 aromatic heterocycles. The molecule has 0 amide bonds. The molecule has 0 fully saturated rings. The standard InChI is InChI=1S/C20H18FN3O2/c1-12-7-15(21)8-17-19(12)23-10-14(9-22)20(17)24-11-18(25)13-3-5-16(26-2)6-4-13/h3-8,10,18,25H,11H2,1-2H3,(H,23,24). The van der Waals surface area contributed by atoms with Crippen LogP contribution in [0.2, 0.25) is 0 Å². The van der Waals surface area contributed by atoms with Crippen LogP contribution in [0.4, 0.5) is 10.1 Å². The van der Waals surface area contributed by atoms with Crippen molar-refractivity contribution in [3.8, 4) is 11.8 Å². The monoisotopic (exact) mass is 351 g/mol. The third-order valence-electron chi connectivity index (χ3n) is 4.22. The number of methoxy groups -OCH3 is 1. The Bertz CT molecular complexity index is 981. The average Bonchev–Trinajstić information content (AvgIpc) is 2.65. The summed E-state index contributed by atoms with van der Waals surface area (Å²) in [6, 6.07) is 11.9. The summed E-state index contributed by atoms with van der Waals surface area (Å²) in [7, 11) is 1.58. The molecule has 1 atom stereocenters. The molecule has 0 saturated heterocycles. The van der Waals surface area contributed by atoms with Crippen molar-refractivity contribution in [1.82, 2.24) is 4.98 Å². The van der Waals surface area contributed by atoms with Crippen LogP contribution in [0.3, 0.4) is 0 Å². The summed E-state index contributed by atoms with van der Waals surface area (Å²) in [6.45, 7) is 1.93. The minimum atomic E-state index is -0.801. The van der Waals surface area contributed by atoms with Crippen LogP contribution in [0, 0.1) is 24.1 Å². The zero-order valence-electron chi connectivity index (χ0n) is 14.5.